The topological polar surface area (TPSA) is 64.1 Å². The molecule has 0 saturated carbocycles. The van der Waals surface area contributed by atoms with Crippen LogP contribution in [0.15, 0.2) is 54.7 Å². The van der Waals surface area contributed by atoms with E-state index in [9.17, 15) is 4.79 Å². The number of nitrogens with zero attached hydrogens (tertiary/aromatic N) is 2. The summed E-state index contributed by atoms with van der Waals surface area (Å²) in [5, 5.41) is 2.91. The maximum Gasteiger partial charge on any atom is 0.270 e. The summed E-state index contributed by atoms with van der Waals surface area (Å²) in [7, 11) is 0. The van der Waals surface area contributed by atoms with Crippen molar-refractivity contribution in [2.75, 3.05) is 6.61 Å². The second kappa shape index (κ2) is 10.8. The number of carbonyl (C=O) groups is 1. The van der Waals surface area contributed by atoms with Crippen LogP contribution >= 0.6 is 0 Å². The molecule has 0 fully saturated rings. The second-order valence-corrected chi connectivity index (χ2v) is 6.79. The summed E-state index contributed by atoms with van der Waals surface area (Å²) in [5.41, 5.74) is 2.83. The zero-order valence-electron chi connectivity index (χ0n) is 16.4. The van der Waals surface area contributed by atoms with Crippen LogP contribution in [0, 0.1) is 12.3 Å². The van der Waals surface area contributed by atoms with Gasteiger partial charge in [0, 0.05) is 19.2 Å². The molecule has 0 aliphatic rings. The van der Waals surface area contributed by atoms with Gasteiger partial charge >= 0.3 is 0 Å². The minimum absolute atomic E-state index is 0.214. The van der Waals surface area contributed by atoms with Crippen LogP contribution < -0.4 is 10.1 Å². The van der Waals surface area contributed by atoms with E-state index in [-0.39, 0.29) is 5.91 Å². The van der Waals surface area contributed by atoms with E-state index in [1.165, 1.54) is 0 Å². The Labute approximate surface area is 171 Å². The van der Waals surface area contributed by atoms with Crippen LogP contribution in [0.3, 0.4) is 0 Å². The van der Waals surface area contributed by atoms with Gasteiger partial charge in [-0.25, -0.2) is 4.98 Å². The zero-order valence-corrected chi connectivity index (χ0v) is 16.4. The van der Waals surface area contributed by atoms with Crippen LogP contribution in [0.25, 0.3) is 11.0 Å². The van der Waals surface area contributed by atoms with E-state index >= 15 is 0 Å². The highest BCUT2D eigenvalue weighted by atomic mass is 16.5. The van der Waals surface area contributed by atoms with Gasteiger partial charge in [0.2, 0.25) is 0 Å². The lowest BCUT2D eigenvalue weighted by Gasteiger charge is -2.09. The van der Waals surface area contributed by atoms with Gasteiger partial charge in [-0.2, -0.15) is 0 Å². The van der Waals surface area contributed by atoms with Crippen molar-refractivity contribution in [2.24, 2.45) is 0 Å². The maximum absolute atomic E-state index is 12.4. The van der Waals surface area contributed by atoms with Gasteiger partial charge in [0.25, 0.3) is 5.91 Å². The number of nitrogens with one attached hydrogen (secondary N) is 1. The summed E-state index contributed by atoms with van der Waals surface area (Å²) in [5.74, 6) is 3.26. The van der Waals surface area contributed by atoms with Gasteiger partial charge in [0.05, 0.1) is 17.6 Å². The third kappa shape index (κ3) is 6.32. The number of amides is 1. The van der Waals surface area contributed by atoms with Crippen molar-refractivity contribution in [3.63, 3.8) is 0 Å². The minimum atomic E-state index is -0.214. The predicted octanol–water partition coefficient (Wildman–Crippen LogP) is 4.52. The first kappa shape index (κ1) is 20.3. The fourth-order valence-corrected chi connectivity index (χ4v) is 2.97. The lowest BCUT2D eigenvalue weighted by atomic mass is 10.1. The Balaban J connectivity index is 1.47. The van der Waals surface area contributed by atoms with Crippen molar-refractivity contribution < 1.29 is 9.53 Å². The molecule has 0 unspecified atom stereocenters. The van der Waals surface area contributed by atoms with Crippen molar-refractivity contribution >= 4 is 16.9 Å². The molecule has 0 atom stereocenters. The van der Waals surface area contributed by atoms with E-state index in [2.05, 4.69) is 21.2 Å². The normalized spacial score (nSPS) is 10.4. The van der Waals surface area contributed by atoms with Crippen molar-refractivity contribution in [3.05, 3.63) is 66.0 Å². The van der Waals surface area contributed by atoms with Crippen LogP contribution in [-0.2, 0) is 6.54 Å². The largest absolute Gasteiger partial charge is 0.494 e. The van der Waals surface area contributed by atoms with Crippen molar-refractivity contribution in [3.8, 4) is 18.1 Å². The van der Waals surface area contributed by atoms with Crippen LogP contribution in [0.1, 0.15) is 48.2 Å². The SMILES string of the molecule is C#CCCCCCCOc1cccc(CNC(=O)c2ccc3ncccc3n2)c1. The molecule has 0 spiro atoms. The van der Waals surface area contributed by atoms with Crippen LogP contribution in [0.4, 0.5) is 0 Å². The van der Waals surface area contributed by atoms with Gasteiger partial charge in [-0.05, 0) is 54.8 Å². The Morgan fingerprint density at radius 3 is 2.83 bits per heavy atom. The highest BCUT2D eigenvalue weighted by Crippen LogP contribution is 2.15. The van der Waals surface area contributed by atoms with E-state index in [4.69, 9.17) is 11.2 Å². The van der Waals surface area contributed by atoms with Gasteiger partial charge in [0.1, 0.15) is 11.4 Å². The molecule has 3 aromatic rings. The summed E-state index contributed by atoms with van der Waals surface area (Å²) < 4.78 is 5.82. The minimum Gasteiger partial charge on any atom is -0.494 e. The molecular weight excluding hydrogens is 362 g/mol. The number of unbranched alkanes of at least 4 members (excludes halogenated alkanes) is 4. The molecule has 5 nitrogen and oxygen atoms in total. The lowest BCUT2D eigenvalue weighted by molar-refractivity contribution is 0.0946. The molecular formula is C24H25N3O2. The molecule has 3 rings (SSSR count). The molecule has 1 N–H and O–H groups in total. The molecule has 0 bridgehead atoms. The number of ether oxygens (including phenoxy) is 1. The predicted molar refractivity (Wildman–Crippen MR) is 115 cm³/mol. The van der Waals surface area contributed by atoms with Gasteiger partial charge < -0.3 is 10.1 Å². The Bertz CT molecular complexity index is 995. The first-order valence-electron chi connectivity index (χ1n) is 9.91. The van der Waals surface area contributed by atoms with Gasteiger partial charge in [-0.3, -0.25) is 9.78 Å². The number of hydrogen-bond donors (Lipinski definition) is 1. The number of pyridine rings is 2. The third-order valence-electron chi connectivity index (χ3n) is 4.52. The Morgan fingerprint density at radius 1 is 1.03 bits per heavy atom. The molecule has 1 amide bonds. The van der Waals surface area contributed by atoms with Gasteiger partial charge in [-0.15, -0.1) is 12.3 Å². The first-order valence-corrected chi connectivity index (χ1v) is 9.91. The first-order chi connectivity index (χ1) is 14.3. The molecule has 0 radical (unpaired) electrons. The Kier molecular flexibility index (Phi) is 7.59. The third-order valence-corrected chi connectivity index (χ3v) is 4.52. The fourth-order valence-electron chi connectivity index (χ4n) is 2.97. The highest BCUT2D eigenvalue weighted by Gasteiger charge is 2.08. The molecule has 0 aliphatic heterocycles. The Morgan fingerprint density at radius 2 is 1.93 bits per heavy atom. The summed E-state index contributed by atoms with van der Waals surface area (Å²) in [6.07, 6.45) is 12.1. The Hall–Kier alpha value is -3.39. The molecule has 29 heavy (non-hydrogen) atoms. The summed E-state index contributed by atoms with van der Waals surface area (Å²) >= 11 is 0. The van der Waals surface area contributed by atoms with Gasteiger partial charge in [0.15, 0.2) is 0 Å². The van der Waals surface area contributed by atoms with Crippen molar-refractivity contribution in [1.29, 1.82) is 0 Å². The summed E-state index contributed by atoms with van der Waals surface area (Å²) in [6.45, 7) is 1.09. The number of fused-ring (bicyclic) bond motifs is 1. The highest BCUT2D eigenvalue weighted by molar-refractivity contribution is 5.94. The number of hydrogen-bond acceptors (Lipinski definition) is 4. The van der Waals surface area contributed by atoms with Crippen molar-refractivity contribution in [2.45, 2.75) is 38.6 Å². The molecule has 1 aromatic carbocycles. The number of rotatable bonds is 10. The molecule has 2 aromatic heterocycles. The van der Waals surface area contributed by atoms with E-state index in [0.717, 1.165) is 48.9 Å². The zero-order chi connectivity index (χ0) is 20.3. The standard InChI is InChI=1S/C24H25N3O2/c1-2-3-4-5-6-7-16-29-20-11-8-10-19(17-20)18-26-24(28)23-14-13-21-22(27-23)12-9-15-25-21/h1,8-15,17H,3-7,16,18H2,(H,26,28). The van der Waals surface area contributed by atoms with E-state index in [0.29, 0.717) is 24.4 Å². The summed E-state index contributed by atoms with van der Waals surface area (Å²) in [6, 6.07) is 14.9. The van der Waals surface area contributed by atoms with Crippen LogP contribution in [-0.4, -0.2) is 22.5 Å². The number of carbonyl (C=O) groups excluding carboxylic acids is 1. The quantitative estimate of drug-likeness (QED) is 0.410. The number of aromatic nitrogens is 2. The van der Waals surface area contributed by atoms with Crippen LogP contribution in [0.2, 0.25) is 0 Å². The molecule has 2 heterocycles. The van der Waals surface area contributed by atoms with Crippen molar-refractivity contribution in [1.82, 2.24) is 15.3 Å². The monoisotopic (exact) mass is 387 g/mol. The maximum atomic E-state index is 12.4. The average molecular weight is 387 g/mol. The summed E-state index contributed by atoms with van der Waals surface area (Å²) in [4.78, 5) is 21.0. The number of terminal acetylenes is 1. The molecule has 0 saturated heterocycles. The van der Waals surface area contributed by atoms with E-state index < -0.39 is 0 Å². The smallest absolute Gasteiger partial charge is 0.270 e. The lowest BCUT2D eigenvalue weighted by Crippen LogP contribution is -2.23. The van der Waals surface area contributed by atoms with Crippen LogP contribution in [0.5, 0.6) is 5.75 Å². The average Bonchev–Trinajstić information content (AvgIpc) is 2.77. The molecule has 0 aliphatic carbocycles. The second-order valence-electron chi connectivity index (χ2n) is 6.79. The van der Waals surface area contributed by atoms with E-state index in [1.54, 1.807) is 24.4 Å². The molecule has 148 valence electrons. The fraction of sp³-hybridized carbons (Fsp3) is 0.292. The number of benzene rings is 1. The van der Waals surface area contributed by atoms with Gasteiger partial charge in [-0.1, -0.05) is 25.0 Å². The van der Waals surface area contributed by atoms with E-state index in [1.807, 2.05) is 30.3 Å². The molecule has 5 heteroatoms.